The van der Waals surface area contributed by atoms with Crippen molar-refractivity contribution in [3.63, 3.8) is 0 Å². The summed E-state index contributed by atoms with van der Waals surface area (Å²) in [5.41, 5.74) is 0.436. The number of ether oxygens (including phenoxy) is 1. The molecule has 0 spiro atoms. The number of methoxy groups -OCH3 is 1. The van der Waals surface area contributed by atoms with Gasteiger partial charge >= 0.3 is 0 Å². The van der Waals surface area contributed by atoms with Gasteiger partial charge in [0.25, 0.3) is 5.91 Å². The second-order valence-corrected chi connectivity index (χ2v) is 5.29. The normalized spacial score (nSPS) is 15.3. The average molecular weight is 290 g/mol. The molecule has 5 nitrogen and oxygen atoms in total. The van der Waals surface area contributed by atoms with Gasteiger partial charge in [-0.25, -0.2) is 0 Å². The molecule has 2 rings (SSSR count). The molecule has 1 fully saturated rings. The number of hydrogen-bond donors (Lipinski definition) is 2. The fourth-order valence-electron chi connectivity index (χ4n) is 2.61. The van der Waals surface area contributed by atoms with Crippen molar-refractivity contribution in [3.8, 4) is 5.75 Å². The highest BCUT2D eigenvalue weighted by Gasteiger charge is 2.17. The van der Waals surface area contributed by atoms with Crippen molar-refractivity contribution in [2.75, 3.05) is 13.7 Å². The summed E-state index contributed by atoms with van der Waals surface area (Å²) in [7, 11) is 1.52. The lowest BCUT2D eigenvalue weighted by atomic mass is 9.95. The molecule has 0 bridgehead atoms. The molecule has 0 aliphatic heterocycles. The quantitative estimate of drug-likeness (QED) is 0.870. The summed E-state index contributed by atoms with van der Waals surface area (Å²) in [4.78, 5) is 23.9. The molecule has 0 atom stereocenters. The molecule has 114 valence electrons. The molecule has 1 aliphatic rings. The summed E-state index contributed by atoms with van der Waals surface area (Å²) < 4.78 is 5.13. The number of amides is 2. The molecule has 0 heterocycles. The first-order valence-corrected chi connectivity index (χ1v) is 7.41. The maximum atomic E-state index is 12.0. The third kappa shape index (κ3) is 4.48. The van der Waals surface area contributed by atoms with Crippen molar-refractivity contribution in [3.05, 3.63) is 29.8 Å². The van der Waals surface area contributed by atoms with Gasteiger partial charge in [0.2, 0.25) is 5.91 Å². The predicted molar refractivity (Wildman–Crippen MR) is 80.3 cm³/mol. The number of rotatable bonds is 5. The average Bonchev–Trinajstić information content (AvgIpc) is 2.53. The molecule has 0 radical (unpaired) electrons. The van der Waals surface area contributed by atoms with Crippen LogP contribution < -0.4 is 15.4 Å². The van der Waals surface area contributed by atoms with E-state index in [2.05, 4.69) is 10.6 Å². The molecule has 2 amide bonds. The largest absolute Gasteiger partial charge is 0.496 e. The maximum absolute atomic E-state index is 12.0. The Morgan fingerprint density at radius 1 is 1.19 bits per heavy atom. The van der Waals surface area contributed by atoms with Crippen LogP contribution >= 0.6 is 0 Å². The summed E-state index contributed by atoms with van der Waals surface area (Å²) in [5.74, 6) is 0.0686. The number of para-hydroxylation sites is 1. The van der Waals surface area contributed by atoms with Gasteiger partial charge in [0.05, 0.1) is 19.2 Å². The summed E-state index contributed by atoms with van der Waals surface area (Å²) in [6, 6.07) is 7.21. The van der Waals surface area contributed by atoms with E-state index < -0.39 is 0 Å². The summed E-state index contributed by atoms with van der Waals surface area (Å²) in [5, 5.41) is 5.60. The van der Waals surface area contributed by atoms with E-state index in [1.54, 1.807) is 24.3 Å². The Bertz CT molecular complexity index is 496. The van der Waals surface area contributed by atoms with Gasteiger partial charge in [0, 0.05) is 6.04 Å². The van der Waals surface area contributed by atoms with Crippen LogP contribution in [0.4, 0.5) is 0 Å². The Morgan fingerprint density at radius 3 is 2.62 bits per heavy atom. The molecule has 21 heavy (non-hydrogen) atoms. The van der Waals surface area contributed by atoms with Crippen molar-refractivity contribution < 1.29 is 14.3 Å². The van der Waals surface area contributed by atoms with Gasteiger partial charge in [-0.2, -0.15) is 0 Å². The second kappa shape index (κ2) is 7.67. The smallest absolute Gasteiger partial charge is 0.255 e. The predicted octanol–water partition coefficient (Wildman–Crippen LogP) is 1.87. The lowest BCUT2D eigenvalue weighted by Crippen LogP contribution is -2.42. The Hall–Kier alpha value is -2.04. The highest BCUT2D eigenvalue weighted by Crippen LogP contribution is 2.18. The Balaban J connectivity index is 1.81. The third-order valence-electron chi connectivity index (χ3n) is 3.73. The molecular formula is C16H22N2O3. The van der Waals surface area contributed by atoms with E-state index in [0.29, 0.717) is 11.3 Å². The molecule has 1 aromatic rings. The summed E-state index contributed by atoms with van der Waals surface area (Å²) in [6.45, 7) is -0.00657. The van der Waals surface area contributed by atoms with Crippen LogP contribution in [-0.2, 0) is 4.79 Å². The highest BCUT2D eigenvalue weighted by atomic mass is 16.5. The van der Waals surface area contributed by atoms with Crippen LogP contribution in [0.25, 0.3) is 0 Å². The summed E-state index contributed by atoms with van der Waals surface area (Å²) >= 11 is 0. The first kappa shape index (κ1) is 15.4. The van der Waals surface area contributed by atoms with Gasteiger partial charge < -0.3 is 15.4 Å². The van der Waals surface area contributed by atoms with Gasteiger partial charge in [0.1, 0.15) is 5.75 Å². The minimum Gasteiger partial charge on any atom is -0.496 e. The SMILES string of the molecule is COc1ccccc1C(=O)NCC(=O)NC1CCCCC1. The molecule has 1 aliphatic carbocycles. The first-order valence-electron chi connectivity index (χ1n) is 7.41. The molecular weight excluding hydrogens is 268 g/mol. The lowest BCUT2D eigenvalue weighted by Gasteiger charge is -2.22. The molecule has 0 saturated heterocycles. The number of carbonyl (C=O) groups is 2. The fraction of sp³-hybridized carbons (Fsp3) is 0.500. The summed E-state index contributed by atoms with van der Waals surface area (Å²) in [6.07, 6.45) is 5.65. The fourth-order valence-corrected chi connectivity index (χ4v) is 2.61. The van der Waals surface area contributed by atoms with Gasteiger partial charge in [-0.05, 0) is 25.0 Å². The first-order chi connectivity index (χ1) is 10.2. The third-order valence-corrected chi connectivity index (χ3v) is 3.73. The lowest BCUT2D eigenvalue weighted by molar-refractivity contribution is -0.121. The zero-order valence-corrected chi connectivity index (χ0v) is 12.4. The van der Waals surface area contributed by atoms with E-state index in [9.17, 15) is 9.59 Å². The van der Waals surface area contributed by atoms with Crippen LogP contribution in [0.15, 0.2) is 24.3 Å². The minimum absolute atomic E-state index is 0.00657. The molecule has 0 unspecified atom stereocenters. The van der Waals surface area contributed by atoms with Gasteiger partial charge in [0.15, 0.2) is 0 Å². The van der Waals surface area contributed by atoms with Crippen LogP contribution in [0, 0.1) is 0 Å². The van der Waals surface area contributed by atoms with Gasteiger partial charge in [-0.3, -0.25) is 9.59 Å². The Morgan fingerprint density at radius 2 is 1.90 bits per heavy atom. The van der Waals surface area contributed by atoms with Crippen molar-refractivity contribution in [1.82, 2.24) is 10.6 Å². The van der Waals surface area contributed by atoms with E-state index in [4.69, 9.17) is 4.74 Å². The maximum Gasteiger partial charge on any atom is 0.255 e. The number of hydrogen-bond acceptors (Lipinski definition) is 3. The van der Waals surface area contributed by atoms with Crippen molar-refractivity contribution >= 4 is 11.8 Å². The standard InChI is InChI=1S/C16H22N2O3/c1-21-14-10-6-5-9-13(14)16(20)17-11-15(19)18-12-7-3-2-4-8-12/h5-6,9-10,12H,2-4,7-8,11H2,1H3,(H,17,20)(H,18,19). The van der Waals surface area contributed by atoms with E-state index in [0.717, 1.165) is 12.8 Å². The van der Waals surface area contributed by atoms with Gasteiger partial charge in [-0.1, -0.05) is 31.4 Å². The number of nitrogens with one attached hydrogen (secondary N) is 2. The second-order valence-electron chi connectivity index (χ2n) is 5.29. The topological polar surface area (TPSA) is 67.4 Å². The van der Waals surface area contributed by atoms with Crippen LogP contribution in [0.1, 0.15) is 42.5 Å². The molecule has 0 aromatic heterocycles. The van der Waals surface area contributed by atoms with Crippen molar-refractivity contribution in [2.24, 2.45) is 0 Å². The zero-order valence-electron chi connectivity index (χ0n) is 12.4. The molecule has 2 N–H and O–H groups in total. The van der Waals surface area contributed by atoms with E-state index in [1.807, 2.05) is 0 Å². The van der Waals surface area contributed by atoms with Crippen LogP contribution in [0.5, 0.6) is 5.75 Å². The Kier molecular flexibility index (Phi) is 5.60. The highest BCUT2D eigenvalue weighted by molar-refractivity contribution is 5.98. The van der Waals surface area contributed by atoms with Crippen LogP contribution in [-0.4, -0.2) is 31.5 Å². The van der Waals surface area contributed by atoms with E-state index in [-0.39, 0.29) is 24.4 Å². The van der Waals surface area contributed by atoms with Crippen molar-refractivity contribution in [1.29, 1.82) is 0 Å². The van der Waals surface area contributed by atoms with Crippen LogP contribution in [0.2, 0.25) is 0 Å². The van der Waals surface area contributed by atoms with Gasteiger partial charge in [-0.15, -0.1) is 0 Å². The van der Waals surface area contributed by atoms with Crippen molar-refractivity contribution in [2.45, 2.75) is 38.1 Å². The van der Waals surface area contributed by atoms with Crippen LogP contribution in [0.3, 0.4) is 0 Å². The number of benzene rings is 1. The molecule has 1 saturated carbocycles. The number of carbonyl (C=O) groups excluding carboxylic acids is 2. The van der Waals surface area contributed by atoms with E-state index in [1.165, 1.54) is 26.4 Å². The zero-order chi connectivity index (χ0) is 15.1. The van der Waals surface area contributed by atoms with E-state index >= 15 is 0 Å². The monoisotopic (exact) mass is 290 g/mol. The Labute approximate surface area is 125 Å². The molecule has 1 aromatic carbocycles. The minimum atomic E-state index is -0.300. The molecule has 5 heteroatoms.